The zero-order chi connectivity index (χ0) is 13.9. The number of hydrogen-bond donors (Lipinski definition) is 0. The Morgan fingerprint density at radius 2 is 1.70 bits per heavy atom. The van der Waals surface area contributed by atoms with E-state index in [2.05, 4.69) is 47.2 Å². The molecule has 0 radical (unpaired) electrons. The summed E-state index contributed by atoms with van der Waals surface area (Å²) in [6.45, 7) is 4.08. The second-order valence-electron chi connectivity index (χ2n) is 3.92. The SMILES string of the molecule is CC=c1nc(SSc2nc3ccccc3s2)sc1=CC. The zero-order valence-corrected chi connectivity index (χ0v) is 14.3. The Balaban J connectivity index is 1.81. The third kappa shape index (κ3) is 2.93. The summed E-state index contributed by atoms with van der Waals surface area (Å²) in [5, 5.41) is 1.07. The molecule has 0 spiro atoms. The normalized spacial score (nSPS) is 13.5. The van der Waals surface area contributed by atoms with E-state index < -0.39 is 0 Å². The Morgan fingerprint density at radius 1 is 0.950 bits per heavy atom. The minimum Gasteiger partial charge on any atom is -0.229 e. The first-order chi connectivity index (χ1) is 9.80. The van der Waals surface area contributed by atoms with Crippen molar-refractivity contribution >= 4 is 66.6 Å². The van der Waals surface area contributed by atoms with Crippen LogP contribution in [-0.4, -0.2) is 9.97 Å². The molecule has 0 aliphatic carbocycles. The van der Waals surface area contributed by atoms with Crippen LogP contribution in [0.3, 0.4) is 0 Å². The summed E-state index contributed by atoms with van der Waals surface area (Å²) in [7, 11) is 3.37. The molecule has 1 aromatic carbocycles. The van der Waals surface area contributed by atoms with Crippen LogP contribution in [0.25, 0.3) is 22.4 Å². The number of rotatable bonds is 3. The molecule has 0 unspecified atom stereocenters. The lowest BCUT2D eigenvalue weighted by Crippen LogP contribution is -2.19. The Morgan fingerprint density at radius 3 is 2.35 bits per heavy atom. The van der Waals surface area contributed by atoms with Crippen LogP contribution in [0.4, 0.5) is 0 Å². The lowest BCUT2D eigenvalue weighted by atomic mass is 10.3. The molecule has 0 bridgehead atoms. The van der Waals surface area contributed by atoms with E-state index in [-0.39, 0.29) is 0 Å². The minimum absolute atomic E-state index is 1.07. The summed E-state index contributed by atoms with van der Waals surface area (Å²) >= 11 is 3.46. The van der Waals surface area contributed by atoms with Crippen LogP contribution in [-0.2, 0) is 0 Å². The average molecular weight is 337 g/mol. The van der Waals surface area contributed by atoms with Gasteiger partial charge in [-0.1, -0.05) is 24.3 Å². The van der Waals surface area contributed by atoms with Crippen LogP contribution >= 0.6 is 44.3 Å². The first-order valence-corrected chi connectivity index (χ1v) is 9.88. The van der Waals surface area contributed by atoms with Gasteiger partial charge in [0, 0.05) is 0 Å². The molecular formula is C14H12N2S4. The van der Waals surface area contributed by atoms with Gasteiger partial charge < -0.3 is 0 Å². The topological polar surface area (TPSA) is 25.8 Å². The van der Waals surface area contributed by atoms with Gasteiger partial charge in [-0.2, -0.15) is 0 Å². The molecule has 0 aliphatic rings. The molecule has 2 aromatic heterocycles. The monoisotopic (exact) mass is 336 g/mol. The van der Waals surface area contributed by atoms with Gasteiger partial charge in [0.25, 0.3) is 0 Å². The van der Waals surface area contributed by atoms with Crippen molar-refractivity contribution in [1.29, 1.82) is 0 Å². The van der Waals surface area contributed by atoms with Crippen molar-refractivity contribution in [3.8, 4) is 0 Å². The summed E-state index contributed by atoms with van der Waals surface area (Å²) in [5.74, 6) is 0. The molecule has 0 N–H and O–H groups in total. The van der Waals surface area contributed by atoms with E-state index in [1.54, 1.807) is 44.3 Å². The maximum atomic E-state index is 4.62. The number of benzene rings is 1. The average Bonchev–Trinajstić information content (AvgIpc) is 3.07. The molecule has 20 heavy (non-hydrogen) atoms. The van der Waals surface area contributed by atoms with Crippen LogP contribution in [0, 0.1) is 0 Å². The second kappa shape index (κ2) is 6.30. The summed E-state index contributed by atoms with van der Waals surface area (Å²) in [6.07, 6.45) is 4.16. The van der Waals surface area contributed by atoms with Crippen LogP contribution in [0.15, 0.2) is 32.9 Å². The van der Waals surface area contributed by atoms with Crippen molar-refractivity contribution < 1.29 is 0 Å². The summed E-state index contributed by atoms with van der Waals surface area (Å²) < 4.78 is 4.63. The molecule has 3 rings (SSSR count). The van der Waals surface area contributed by atoms with Gasteiger partial charge in [-0.3, -0.25) is 0 Å². The number of hydrogen-bond acceptors (Lipinski definition) is 6. The van der Waals surface area contributed by atoms with Crippen molar-refractivity contribution in [2.45, 2.75) is 22.5 Å². The molecule has 0 aliphatic heterocycles. The number of nitrogens with zero attached hydrogens (tertiary/aromatic N) is 2. The second-order valence-corrected chi connectivity index (χ2v) is 8.61. The third-order valence-corrected chi connectivity index (χ3v) is 7.80. The molecule has 2 nitrogen and oxygen atoms in total. The highest BCUT2D eigenvalue weighted by molar-refractivity contribution is 8.77. The van der Waals surface area contributed by atoms with Crippen LogP contribution < -0.4 is 9.88 Å². The molecule has 2 heterocycles. The summed E-state index contributed by atoms with van der Waals surface area (Å²) in [6, 6.07) is 8.24. The molecule has 0 saturated heterocycles. The first kappa shape index (κ1) is 14.1. The lowest BCUT2D eigenvalue weighted by molar-refractivity contribution is 1.19. The lowest BCUT2D eigenvalue weighted by Gasteiger charge is -1.90. The molecular weight excluding hydrogens is 324 g/mol. The molecule has 0 atom stereocenters. The predicted molar refractivity (Wildman–Crippen MR) is 93.0 cm³/mol. The molecule has 0 fully saturated rings. The van der Waals surface area contributed by atoms with Crippen molar-refractivity contribution in [3.05, 3.63) is 34.1 Å². The molecule has 102 valence electrons. The third-order valence-electron chi connectivity index (χ3n) is 2.66. The van der Waals surface area contributed by atoms with Gasteiger partial charge in [-0.25, -0.2) is 9.97 Å². The van der Waals surface area contributed by atoms with Crippen LogP contribution in [0.5, 0.6) is 0 Å². The van der Waals surface area contributed by atoms with Crippen molar-refractivity contribution in [2.75, 3.05) is 0 Å². The molecule has 0 amide bonds. The van der Waals surface area contributed by atoms with Crippen molar-refractivity contribution in [1.82, 2.24) is 9.97 Å². The number of fused-ring (bicyclic) bond motifs is 1. The largest absolute Gasteiger partial charge is 0.229 e. The minimum atomic E-state index is 1.07. The Hall–Kier alpha value is -0.820. The van der Waals surface area contributed by atoms with Crippen LogP contribution in [0.2, 0.25) is 0 Å². The van der Waals surface area contributed by atoms with E-state index in [1.807, 2.05) is 13.0 Å². The van der Waals surface area contributed by atoms with E-state index >= 15 is 0 Å². The fraction of sp³-hybridized carbons (Fsp3) is 0.143. The highest BCUT2D eigenvalue weighted by atomic mass is 33.1. The molecule has 0 saturated carbocycles. The van der Waals surface area contributed by atoms with Gasteiger partial charge >= 0.3 is 0 Å². The van der Waals surface area contributed by atoms with E-state index in [9.17, 15) is 0 Å². The summed E-state index contributed by atoms with van der Waals surface area (Å²) in [4.78, 5) is 9.24. The van der Waals surface area contributed by atoms with Crippen LogP contribution in [0.1, 0.15) is 13.8 Å². The Bertz CT molecular complexity index is 783. The maximum Gasteiger partial charge on any atom is 0.162 e. The van der Waals surface area contributed by atoms with Gasteiger partial charge in [-0.05, 0) is 47.6 Å². The van der Waals surface area contributed by atoms with Gasteiger partial charge in [0.15, 0.2) is 8.68 Å². The highest BCUT2D eigenvalue weighted by Crippen LogP contribution is 2.40. The van der Waals surface area contributed by atoms with E-state index in [1.165, 1.54) is 9.23 Å². The number of thiazole rings is 2. The van der Waals surface area contributed by atoms with E-state index in [0.29, 0.717) is 0 Å². The quantitative estimate of drug-likeness (QED) is 0.671. The molecule has 3 aromatic rings. The van der Waals surface area contributed by atoms with Gasteiger partial charge in [0.2, 0.25) is 0 Å². The van der Waals surface area contributed by atoms with Gasteiger partial charge in [0.05, 0.1) is 20.1 Å². The first-order valence-electron chi connectivity index (χ1n) is 6.10. The standard InChI is InChI=1S/C14H12N2S4/c1-3-9-11(4-2)17-13(15-9)19-20-14-16-10-7-5-6-8-12(10)18-14/h3-8H,1-2H3. The summed E-state index contributed by atoms with van der Waals surface area (Å²) in [5.41, 5.74) is 1.07. The number of aromatic nitrogens is 2. The number of para-hydroxylation sites is 1. The Labute approximate surface area is 133 Å². The van der Waals surface area contributed by atoms with Crippen molar-refractivity contribution in [2.24, 2.45) is 0 Å². The van der Waals surface area contributed by atoms with E-state index in [0.717, 1.165) is 19.5 Å². The highest BCUT2D eigenvalue weighted by Gasteiger charge is 2.07. The van der Waals surface area contributed by atoms with Gasteiger partial charge in [-0.15, -0.1) is 22.7 Å². The Kier molecular flexibility index (Phi) is 4.45. The molecule has 6 heteroatoms. The zero-order valence-electron chi connectivity index (χ0n) is 11.0. The van der Waals surface area contributed by atoms with Gasteiger partial charge in [0.1, 0.15) is 0 Å². The predicted octanol–water partition coefficient (Wildman–Crippen LogP) is 4.15. The fourth-order valence-electron chi connectivity index (χ4n) is 1.73. The van der Waals surface area contributed by atoms with E-state index in [4.69, 9.17) is 0 Å². The smallest absolute Gasteiger partial charge is 0.162 e. The van der Waals surface area contributed by atoms with Crippen molar-refractivity contribution in [3.63, 3.8) is 0 Å². The fourth-order valence-corrected chi connectivity index (χ4v) is 6.25. The maximum absolute atomic E-state index is 4.62.